The number of unbranched alkanes of at least 4 members (excludes halogenated alkanes) is 4. The van der Waals surface area contributed by atoms with Crippen molar-refractivity contribution < 1.29 is 15.1 Å². The van der Waals surface area contributed by atoms with E-state index in [1.165, 1.54) is 12.8 Å². The van der Waals surface area contributed by atoms with Gasteiger partial charge in [0, 0.05) is 0 Å². The van der Waals surface area contributed by atoms with Crippen molar-refractivity contribution in [3.63, 3.8) is 0 Å². The molecule has 0 atom stereocenters. The fourth-order valence-electron chi connectivity index (χ4n) is 0.961. The number of hydrogen-bond acceptors (Lipinski definition) is 2. The minimum atomic E-state index is -1.27. The quantitative estimate of drug-likeness (QED) is 0.370. The average molecular weight is 175 g/mol. The second kappa shape index (κ2) is 6.91. The molecule has 0 fully saturated rings. The molecular weight excluding hydrogens is 158 g/mol. The monoisotopic (exact) mass is 175 g/mol. The molecule has 0 radical (unpaired) electrons. The maximum atomic E-state index is 10.1. The molecule has 0 aliphatic heterocycles. The first-order valence-electron chi connectivity index (χ1n) is 4.37. The van der Waals surface area contributed by atoms with Gasteiger partial charge in [0.2, 0.25) is 0 Å². The van der Waals surface area contributed by atoms with Gasteiger partial charge >= 0.3 is 6.09 Å². The highest BCUT2D eigenvalue weighted by Gasteiger charge is 2.05. The first kappa shape index (κ1) is 11.2. The van der Waals surface area contributed by atoms with Crippen molar-refractivity contribution in [1.29, 1.82) is 0 Å². The lowest BCUT2D eigenvalue weighted by molar-refractivity contribution is -0.0645. The third kappa shape index (κ3) is 5.97. The SMILES string of the molecule is CCCCCCCN(O)C(=O)O. The average Bonchev–Trinajstić information content (AvgIpc) is 2.03. The topological polar surface area (TPSA) is 60.8 Å². The summed E-state index contributed by atoms with van der Waals surface area (Å²) in [4.78, 5) is 10.1. The lowest BCUT2D eigenvalue weighted by Gasteiger charge is -2.09. The Morgan fingerprint density at radius 2 is 1.83 bits per heavy atom. The molecule has 0 aromatic rings. The maximum absolute atomic E-state index is 10.1. The van der Waals surface area contributed by atoms with Crippen LogP contribution in [0.15, 0.2) is 0 Å². The van der Waals surface area contributed by atoms with E-state index in [2.05, 4.69) is 6.92 Å². The van der Waals surface area contributed by atoms with Crippen LogP contribution < -0.4 is 0 Å². The van der Waals surface area contributed by atoms with Crippen LogP contribution in [0.5, 0.6) is 0 Å². The van der Waals surface area contributed by atoms with Crippen molar-refractivity contribution in [3.8, 4) is 0 Å². The fraction of sp³-hybridized carbons (Fsp3) is 0.875. The van der Waals surface area contributed by atoms with Crippen LogP contribution in [0, 0.1) is 0 Å². The van der Waals surface area contributed by atoms with Crippen molar-refractivity contribution >= 4 is 6.09 Å². The summed E-state index contributed by atoms with van der Waals surface area (Å²) in [7, 11) is 0. The van der Waals surface area contributed by atoms with Gasteiger partial charge in [-0.3, -0.25) is 5.21 Å². The van der Waals surface area contributed by atoms with Gasteiger partial charge in [0.05, 0.1) is 6.54 Å². The van der Waals surface area contributed by atoms with Gasteiger partial charge in [-0.15, -0.1) is 0 Å². The summed E-state index contributed by atoms with van der Waals surface area (Å²) in [6.07, 6.45) is 3.91. The van der Waals surface area contributed by atoms with Gasteiger partial charge in [-0.2, -0.15) is 5.06 Å². The molecule has 1 amide bonds. The van der Waals surface area contributed by atoms with Gasteiger partial charge in [0.1, 0.15) is 0 Å². The Morgan fingerprint density at radius 3 is 2.33 bits per heavy atom. The summed E-state index contributed by atoms with van der Waals surface area (Å²) < 4.78 is 0. The summed E-state index contributed by atoms with van der Waals surface area (Å²) >= 11 is 0. The van der Waals surface area contributed by atoms with Crippen molar-refractivity contribution in [3.05, 3.63) is 0 Å². The number of rotatable bonds is 6. The lowest BCUT2D eigenvalue weighted by Crippen LogP contribution is -2.26. The summed E-state index contributed by atoms with van der Waals surface area (Å²) in [6, 6.07) is 0. The number of hydrogen-bond donors (Lipinski definition) is 2. The highest BCUT2D eigenvalue weighted by Crippen LogP contribution is 2.02. The molecule has 0 heterocycles. The lowest BCUT2D eigenvalue weighted by atomic mass is 10.1. The molecule has 0 bridgehead atoms. The highest BCUT2D eigenvalue weighted by atomic mass is 16.6. The fourth-order valence-corrected chi connectivity index (χ4v) is 0.961. The summed E-state index contributed by atoms with van der Waals surface area (Å²) in [5.74, 6) is 0. The molecule has 72 valence electrons. The smallest absolute Gasteiger partial charge is 0.431 e. The molecule has 0 aliphatic carbocycles. The van der Waals surface area contributed by atoms with Gasteiger partial charge in [-0.1, -0.05) is 32.6 Å². The molecule has 0 aromatic carbocycles. The maximum Gasteiger partial charge on any atom is 0.431 e. The molecule has 12 heavy (non-hydrogen) atoms. The standard InChI is InChI=1S/C8H17NO3/c1-2-3-4-5-6-7-9(12)8(10)11/h12H,2-7H2,1H3,(H,10,11). The van der Waals surface area contributed by atoms with E-state index in [-0.39, 0.29) is 6.54 Å². The molecule has 0 aliphatic rings. The molecule has 4 nitrogen and oxygen atoms in total. The van der Waals surface area contributed by atoms with E-state index in [1.54, 1.807) is 0 Å². The van der Waals surface area contributed by atoms with Crippen molar-refractivity contribution in [1.82, 2.24) is 5.06 Å². The van der Waals surface area contributed by atoms with Crippen LogP contribution in [0.3, 0.4) is 0 Å². The van der Waals surface area contributed by atoms with E-state index >= 15 is 0 Å². The predicted molar refractivity (Wildman–Crippen MR) is 45.3 cm³/mol. The highest BCUT2D eigenvalue weighted by molar-refractivity contribution is 5.63. The van der Waals surface area contributed by atoms with Crippen molar-refractivity contribution in [2.45, 2.75) is 39.0 Å². The van der Waals surface area contributed by atoms with E-state index in [9.17, 15) is 4.79 Å². The Labute approximate surface area is 72.8 Å². The van der Waals surface area contributed by atoms with Crippen LogP contribution in [-0.4, -0.2) is 28.0 Å². The molecular formula is C8H17NO3. The predicted octanol–water partition coefficient (Wildman–Crippen LogP) is 2.33. The molecule has 0 saturated carbocycles. The van der Waals surface area contributed by atoms with Crippen LogP contribution in [0.2, 0.25) is 0 Å². The number of carbonyl (C=O) groups is 1. The Morgan fingerprint density at radius 1 is 1.25 bits per heavy atom. The van der Waals surface area contributed by atoms with Crippen LogP contribution in [-0.2, 0) is 0 Å². The third-order valence-electron chi connectivity index (χ3n) is 1.69. The second-order valence-electron chi connectivity index (χ2n) is 2.82. The zero-order valence-electron chi connectivity index (χ0n) is 7.49. The number of carboxylic acid groups (broad SMARTS) is 1. The van der Waals surface area contributed by atoms with Crippen LogP contribution in [0.1, 0.15) is 39.0 Å². The summed E-state index contributed by atoms with van der Waals surface area (Å²) in [6.45, 7) is 2.34. The first-order chi connectivity index (χ1) is 5.68. The van der Waals surface area contributed by atoms with E-state index in [0.717, 1.165) is 19.3 Å². The van der Waals surface area contributed by atoms with Crippen molar-refractivity contribution in [2.75, 3.05) is 6.54 Å². The van der Waals surface area contributed by atoms with Gasteiger partial charge in [-0.05, 0) is 6.42 Å². The molecule has 0 rings (SSSR count). The van der Waals surface area contributed by atoms with E-state index < -0.39 is 6.09 Å². The summed E-state index contributed by atoms with van der Waals surface area (Å²) in [5, 5.41) is 17.3. The Kier molecular flexibility index (Phi) is 6.47. The minimum absolute atomic E-state index is 0.221. The largest absolute Gasteiger partial charge is 0.463 e. The Hall–Kier alpha value is -0.770. The van der Waals surface area contributed by atoms with Gasteiger partial charge in [0.25, 0.3) is 0 Å². The Bertz CT molecular complexity index is 127. The molecule has 0 unspecified atom stereocenters. The molecule has 0 spiro atoms. The number of hydroxylamine groups is 2. The minimum Gasteiger partial charge on any atom is -0.463 e. The molecule has 0 aromatic heterocycles. The molecule has 4 heteroatoms. The zero-order valence-corrected chi connectivity index (χ0v) is 7.49. The first-order valence-corrected chi connectivity index (χ1v) is 4.37. The molecule has 2 N–H and O–H groups in total. The number of nitrogens with zero attached hydrogens (tertiary/aromatic N) is 1. The van der Waals surface area contributed by atoms with Crippen LogP contribution >= 0.6 is 0 Å². The van der Waals surface area contributed by atoms with E-state index in [0.29, 0.717) is 5.06 Å². The van der Waals surface area contributed by atoms with Gasteiger partial charge in [0.15, 0.2) is 0 Å². The van der Waals surface area contributed by atoms with E-state index in [4.69, 9.17) is 10.3 Å². The van der Waals surface area contributed by atoms with Gasteiger partial charge in [-0.25, -0.2) is 4.79 Å². The van der Waals surface area contributed by atoms with Gasteiger partial charge < -0.3 is 5.11 Å². The normalized spacial score (nSPS) is 9.83. The molecule has 0 saturated heterocycles. The van der Waals surface area contributed by atoms with Crippen LogP contribution in [0.4, 0.5) is 4.79 Å². The van der Waals surface area contributed by atoms with Crippen molar-refractivity contribution in [2.24, 2.45) is 0 Å². The number of amides is 1. The van der Waals surface area contributed by atoms with Crippen LogP contribution in [0.25, 0.3) is 0 Å². The van der Waals surface area contributed by atoms with E-state index in [1.807, 2.05) is 0 Å². The second-order valence-corrected chi connectivity index (χ2v) is 2.82. The zero-order chi connectivity index (χ0) is 9.40. The third-order valence-corrected chi connectivity index (χ3v) is 1.69. The Balaban J connectivity index is 3.14. The summed E-state index contributed by atoms with van der Waals surface area (Å²) in [5.41, 5.74) is 0.